The van der Waals surface area contributed by atoms with Crippen molar-refractivity contribution in [2.24, 2.45) is 0 Å². The van der Waals surface area contributed by atoms with Gasteiger partial charge in [0.2, 0.25) is 5.88 Å². The minimum absolute atomic E-state index is 0.148. The van der Waals surface area contributed by atoms with Crippen LogP contribution in [0.4, 0.5) is 4.39 Å². The molecule has 2 aromatic carbocycles. The molecule has 0 bridgehead atoms. The molecule has 0 unspecified atom stereocenters. The van der Waals surface area contributed by atoms with Crippen LogP contribution in [0.15, 0.2) is 54.6 Å². The van der Waals surface area contributed by atoms with Crippen molar-refractivity contribution in [3.8, 4) is 11.6 Å². The lowest BCUT2D eigenvalue weighted by Gasteiger charge is -2.10. The molecule has 0 aliphatic heterocycles. The monoisotopic (exact) mass is 283 g/mol. The van der Waals surface area contributed by atoms with Crippen LogP contribution in [0.2, 0.25) is 0 Å². The first-order chi connectivity index (χ1) is 10.3. The van der Waals surface area contributed by atoms with Crippen LogP contribution in [0.3, 0.4) is 0 Å². The number of aromatic nitrogens is 1. The van der Waals surface area contributed by atoms with Gasteiger partial charge in [-0.1, -0.05) is 30.3 Å². The predicted octanol–water partition coefficient (Wildman–Crippen LogP) is 3.96. The summed E-state index contributed by atoms with van der Waals surface area (Å²) in [5.41, 5.74) is 1.43. The second-order valence-electron chi connectivity index (χ2n) is 4.58. The van der Waals surface area contributed by atoms with Gasteiger partial charge in [0.05, 0.1) is 7.11 Å². The van der Waals surface area contributed by atoms with Gasteiger partial charge in [0.15, 0.2) is 11.6 Å². The summed E-state index contributed by atoms with van der Waals surface area (Å²) in [4.78, 5) is 4.28. The van der Waals surface area contributed by atoms with Crippen molar-refractivity contribution >= 4 is 10.9 Å². The van der Waals surface area contributed by atoms with Crippen molar-refractivity contribution in [2.75, 3.05) is 7.11 Å². The summed E-state index contributed by atoms with van der Waals surface area (Å²) in [6.45, 7) is 0.287. The van der Waals surface area contributed by atoms with Crippen LogP contribution in [-0.4, -0.2) is 12.1 Å². The van der Waals surface area contributed by atoms with Gasteiger partial charge in [0.1, 0.15) is 12.1 Å². The molecule has 3 rings (SSSR count). The topological polar surface area (TPSA) is 31.4 Å². The highest BCUT2D eigenvalue weighted by Crippen LogP contribution is 2.29. The van der Waals surface area contributed by atoms with Gasteiger partial charge in [-0.2, -0.15) is 0 Å². The van der Waals surface area contributed by atoms with Crippen LogP contribution >= 0.6 is 0 Å². The fourth-order valence-electron chi connectivity index (χ4n) is 2.10. The summed E-state index contributed by atoms with van der Waals surface area (Å²) in [6, 6.07) is 16.2. The average Bonchev–Trinajstić information content (AvgIpc) is 2.54. The minimum Gasteiger partial charge on any atom is -0.484 e. The normalized spacial score (nSPS) is 10.6. The largest absolute Gasteiger partial charge is 0.484 e. The van der Waals surface area contributed by atoms with Crippen molar-refractivity contribution in [3.63, 3.8) is 0 Å². The highest BCUT2D eigenvalue weighted by Gasteiger charge is 2.11. The zero-order chi connectivity index (χ0) is 14.7. The fraction of sp³-hybridized carbons (Fsp3) is 0.118. The molecule has 0 aliphatic carbocycles. The molecule has 0 atom stereocenters. The number of hydrogen-bond donors (Lipinski definition) is 0. The average molecular weight is 283 g/mol. The van der Waals surface area contributed by atoms with Gasteiger partial charge in [-0.25, -0.2) is 9.37 Å². The zero-order valence-electron chi connectivity index (χ0n) is 11.5. The van der Waals surface area contributed by atoms with E-state index in [-0.39, 0.29) is 12.4 Å². The molecule has 21 heavy (non-hydrogen) atoms. The predicted molar refractivity (Wildman–Crippen MR) is 79.0 cm³/mol. The summed E-state index contributed by atoms with van der Waals surface area (Å²) < 4.78 is 24.8. The summed E-state index contributed by atoms with van der Waals surface area (Å²) in [7, 11) is 1.53. The second-order valence-corrected chi connectivity index (χ2v) is 4.58. The van der Waals surface area contributed by atoms with Crippen molar-refractivity contribution in [3.05, 3.63) is 66.0 Å². The molecule has 4 heteroatoms. The van der Waals surface area contributed by atoms with Gasteiger partial charge in [0.25, 0.3) is 0 Å². The third-order valence-electron chi connectivity index (χ3n) is 3.18. The maximum Gasteiger partial charge on any atom is 0.213 e. The summed E-state index contributed by atoms with van der Waals surface area (Å²) in [6.07, 6.45) is 0. The molecule has 0 saturated heterocycles. The van der Waals surface area contributed by atoms with Gasteiger partial charge in [-0.05, 0) is 23.8 Å². The van der Waals surface area contributed by atoms with Crippen LogP contribution in [0, 0.1) is 5.82 Å². The van der Waals surface area contributed by atoms with E-state index in [2.05, 4.69) is 4.98 Å². The van der Waals surface area contributed by atoms with E-state index in [1.807, 2.05) is 36.4 Å². The number of pyridine rings is 1. The van der Waals surface area contributed by atoms with E-state index in [0.29, 0.717) is 11.4 Å². The Morgan fingerprint density at radius 2 is 1.76 bits per heavy atom. The molecule has 0 saturated carbocycles. The molecule has 3 aromatic rings. The van der Waals surface area contributed by atoms with Gasteiger partial charge >= 0.3 is 0 Å². The van der Waals surface area contributed by atoms with Crippen LogP contribution in [-0.2, 0) is 6.61 Å². The van der Waals surface area contributed by atoms with Crippen LogP contribution in [0.25, 0.3) is 10.9 Å². The van der Waals surface area contributed by atoms with Crippen LogP contribution in [0.5, 0.6) is 11.6 Å². The smallest absolute Gasteiger partial charge is 0.213 e. The number of ether oxygens (including phenoxy) is 2. The summed E-state index contributed by atoms with van der Waals surface area (Å²) in [5, 5.41) is 0.806. The molecule has 3 nitrogen and oxygen atoms in total. The quantitative estimate of drug-likeness (QED) is 0.726. The number of fused-ring (bicyclic) bond motifs is 1. The Morgan fingerprint density at radius 1 is 1.00 bits per heavy atom. The van der Waals surface area contributed by atoms with E-state index < -0.39 is 5.82 Å². The molecular formula is C17H14FNO2. The molecule has 0 N–H and O–H groups in total. The number of methoxy groups -OCH3 is 1. The van der Waals surface area contributed by atoms with E-state index in [1.165, 1.54) is 13.2 Å². The number of benzene rings is 2. The van der Waals surface area contributed by atoms with Crippen molar-refractivity contribution < 1.29 is 13.9 Å². The molecule has 0 amide bonds. The maximum atomic E-state index is 14.1. The van der Waals surface area contributed by atoms with Gasteiger partial charge in [-0.3, -0.25) is 0 Å². The number of halogens is 1. The van der Waals surface area contributed by atoms with Crippen LogP contribution in [0.1, 0.15) is 5.56 Å². The van der Waals surface area contributed by atoms with Crippen molar-refractivity contribution in [1.29, 1.82) is 0 Å². The van der Waals surface area contributed by atoms with Gasteiger partial charge in [-0.15, -0.1) is 0 Å². The van der Waals surface area contributed by atoms with E-state index in [9.17, 15) is 4.39 Å². The third-order valence-corrected chi connectivity index (χ3v) is 3.18. The highest BCUT2D eigenvalue weighted by molar-refractivity contribution is 5.85. The molecule has 0 aliphatic rings. The lowest BCUT2D eigenvalue weighted by atomic mass is 10.2. The van der Waals surface area contributed by atoms with Crippen molar-refractivity contribution in [2.45, 2.75) is 6.61 Å². The Labute approximate surface area is 122 Å². The minimum atomic E-state index is -0.431. The zero-order valence-corrected chi connectivity index (χ0v) is 11.5. The summed E-state index contributed by atoms with van der Waals surface area (Å²) >= 11 is 0. The molecular weight excluding hydrogens is 269 g/mol. The first kappa shape index (κ1) is 13.4. The summed E-state index contributed by atoms with van der Waals surface area (Å²) in [5.74, 6) is 0.145. The Morgan fingerprint density at radius 3 is 2.52 bits per heavy atom. The Hall–Kier alpha value is -2.62. The number of nitrogens with zero attached hydrogens (tertiary/aromatic N) is 1. The lowest BCUT2D eigenvalue weighted by Crippen LogP contribution is -1.99. The van der Waals surface area contributed by atoms with Crippen LogP contribution < -0.4 is 9.47 Å². The standard InChI is InChI=1S/C17H14FNO2/c1-20-15-10-8-13-7-9-14(18)17(16(13)19-15)21-11-12-5-3-2-4-6-12/h2-10H,11H2,1H3. The molecule has 1 aromatic heterocycles. The number of hydrogen-bond acceptors (Lipinski definition) is 3. The van der Waals surface area contributed by atoms with Gasteiger partial charge in [0, 0.05) is 11.5 Å². The van der Waals surface area contributed by atoms with E-state index in [0.717, 1.165) is 10.9 Å². The Balaban J connectivity index is 1.98. The molecule has 0 radical (unpaired) electrons. The van der Waals surface area contributed by atoms with Crippen molar-refractivity contribution in [1.82, 2.24) is 4.98 Å². The van der Waals surface area contributed by atoms with E-state index >= 15 is 0 Å². The molecule has 0 fully saturated rings. The lowest BCUT2D eigenvalue weighted by molar-refractivity contribution is 0.293. The first-order valence-corrected chi connectivity index (χ1v) is 6.58. The second kappa shape index (κ2) is 5.79. The highest BCUT2D eigenvalue weighted by atomic mass is 19.1. The number of rotatable bonds is 4. The third kappa shape index (κ3) is 2.79. The molecule has 1 heterocycles. The SMILES string of the molecule is COc1ccc2ccc(F)c(OCc3ccccc3)c2n1. The Kier molecular flexibility index (Phi) is 3.69. The first-order valence-electron chi connectivity index (χ1n) is 6.58. The Bertz CT molecular complexity index is 759. The fourth-order valence-corrected chi connectivity index (χ4v) is 2.10. The van der Waals surface area contributed by atoms with E-state index in [4.69, 9.17) is 9.47 Å². The van der Waals surface area contributed by atoms with Gasteiger partial charge < -0.3 is 9.47 Å². The molecule has 106 valence electrons. The maximum absolute atomic E-state index is 14.1. The molecule has 0 spiro atoms. The van der Waals surface area contributed by atoms with E-state index in [1.54, 1.807) is 12.1 Å².